The van der Waals surface area contributed by atoms with Crippen LogP contribution in [0.1, 0.15) is 26.6 Å². The number of carboxylic acids is 1. The lowest BCUT2D eigenvalue weighted by Crippen LogP contribution is -2.02. The SMILES string of the molecule is [2H]c1c([2H])c(OCCCC(=O)O)c(C([2H])([2H])[2H])c([2H])c1Cl. The van der Waals surface area contributed by atoms with Gasteiger partial charge in [-0.1, -0.05) is 11.6 Å². The summed E-state index contributed by atoms with van der Waals surface area (Å²) >= 11 is 5.69. The molecule has 82 valence electrons. The monoisotopic (exact) mass is 234 g/mol. The van der Waals surface area contributed by atoms with Gasteiger partial charge in [0.2, 0.25) is 0 Å². The highest BCUT2D eigenvalue weighted by molar-refractivity contribution is 6.30. The first-order valence-electron chi connectivity index (χ1n) is 7.21. The molecule has 1 N–H and O–H groups in total. The minimum absolute atomic E-state index is 0.110. The standard InChI is InChI=1S/C11H13ClO3/c1-8-7-9(12)4-5-10(8)15-6-2-3-11(13)14/h4-5,7H,2-3,6H2,1H3,(H,13,14)/i1D3,4D,5D,7D. The van der Waals surface area contributed by atoms with Crippen LogP contribution in [0.4, 0.5) is 0 Å². The lowest BCUT2D eigenvalue weighted by atomic mass is 10.2. The first-order chi connectivity index (χ1) is 9.57. The van der Waals surface area contributed by atoms with Gasteiger partial charge in [-0.2, -0.15) is 0 Å². The molecule has 0 aromatic heterocycles. The Morgan fingerprint density at radius 1 is 1.73 bits per heavy atom. The molecule has 0 unspecified atom stereocenters. The Bertz CT molecular complexity index is 558. The van der Waals surface area contributed by atoms with Gasteiger partial charge in [-0.15, -0.1) is 0 Å². The van der Waals surface area contributed by atoms with E-state index >= 15 is 0 Å². The summed E-state index contributed by atoms with van der Waals surface area (Å²) in [4.78, 5) is 10.4. The van der Waals surface area contributed by atoms with Crippen LogP contribution in [-0.2, 0) is 4.79 Å². The van der Waals surface area contributed by atoms with Crippen molar-refractivity contribution in [3.63, 3.8) is 0 Å². The van der Waals surface area contributed by atoms with Crippen molar-refractivity contribution in [3.8, 4) is 5.75 Å². The van der Waals surface area contributed by atoms with Crippen LogP contribution in [0.25, 0.3) is 0 Å². The highest BCUT2D eigenvalue weighted by atomic mass is 35.5. The number of hydrogen-bond acceptors (Lipinski definition) is 2. The van der Waals surface area contributed by atoms with Crippen molar-refractivity contribution >= 4 is 17.6 Å². The molecular formula is C11H13ClO3. The molecule has 0 spiro atoms. The second kappa shape index (κ2) is 5.61. The zero-order valence-electron chi connectivity index (χ0n) is 13.8. The maximum atomic E-state index is 10.4. The third-order valence-corrected chi connectivity index (χ3v) is 1.72. The van der Waals surface area contributed by atoms with Crippen molar-refractivity contribution in [2.75, 3.05) is 6.61 Å². The van der Waals surface area contributed by atoms with Crippen LogP contribution in [0.3, 0.4) is 0 Å². The molecule has 0 aliphatic heterocycles. The zero-order valence-corrected chi connectivity index (χ0v) is 8.52. The summed E-state index contributed by atoms with van der Waals surface area (Å²) in [6.45, 7) is -2.87. The van der Waals surface area contributed by atoms with E-state index < -0.39 is 47.3 Å². The number of halogens is 1. The van der Waals surface area contributed by atoms with E-state index in [0.717, 1.165) is 0 Å². The topological polar surface area (TPSA) is 46.5 Å². The average Bonchev–Trinajstić information content (AvgIpc) is 2.35. The van der Waals surface area contributed by atoms with Gasteiger partial charge < -0.3 is 9.84 Å². The van der Waals surface area contributed by atoms with Crippen LogP contribution in [-0.4, -0.2) is 17.7 Å². The Morgan fingerprint density at radius 3 is 3.20 bits per heavy atom. The molecule has 1 aromatic rings. The van der Waals surface area contributed by atoms with Gasteiger partial charge in [0, 0.05) is 15.6 Å². The minimum atomic E-state index is -2.73. The predicted octanol–water partition coefficient (Wildman–Crippen LogP) is 2.89. The van der Waals surface area contributed by atoms with Crippen LogP contribution >= 0.6 is 11.6 Å². The lowest BCUT2D eigenvalue weighted by molar-refractivity contribution is -0.137. The van der Waals surface area contributed by atoms with Gasteiger partial charge in [0.25, 0.3) is 0 Å². The van der Waals surface area contributed by atoms with E-state index in [0.29, 0.717) is 0 Å². The predicted molar refractivity (Wildman–Crippen MR) is 58.6 cm³/mol. The van der Waals surface area contributed by atoms with Crippen LogP contribution in [0, 0.1) is 6.85 Å². The van der Waals surface area contributed by atoms with Gasteiger partial charge in [0.05, 0.1) is 10.7 Å². The molecule has 0 fully saturated rings. The van der Waals surface area contributed by atoms with Gasteiger partial charge >= 0.3 is 5.97 Å². The van der Waals surface area contributed by atoms with Crippen molar-refractivity contribution in [1.82, 2.24) is 0 Å². The van der Waals surface area contributed by atoms with Gasteiger partial charge in [-0.25, -0.2) is 0 Å². The third-order valence-electron chi connectivity index (χ3n) is 1.53. The normalized spacial score (nSPS) is 16.6. The first-order valence-corrected chi connectivity index (χ1v) is 4.59. The van der Waals surface area contributed by atoms with Crippen LogP contribution in [0.5, 0.6) is 5.75 Å². The molecule has 0 aliphatic carbocycles. The fourth-order valence-electron chi connectivity index (χ4n) is 0.878. The van der Waals surface area contributed by atoms with Crippen LogP contribution in [0.2, 0.25) is 5.02 Å². The van der Waals surface area contributed by atoms with Gasteiger partial charge in [0.1, 0.15) is 5.75 Å². The first kappa shape index (κ1) is 5.75. The number of hydrogen-bond donors (Lipinski definition) is 1. The molecule has 4 heteroatoms. The molecule has 0 aliphatic rings. The second-order valence-electron chi connectivity index (χ2n) is 2.74. The number of benzene rings is 1. The molecule has 0 radical (unpaired) electrons. The summed E-state index contributed by atoms with van der Waals surface area (Å²) in [6.07, 6.45) is -0.0655. The number of carbonyl (C=O) groups is 1. The van der Waals surface area contributed by atoms with E-state index in [4.69, 9.17) is 29.7 Å². The minimum Gasteiger partial charge on any atom is -0.493 e. The van der Waals surface area contributed by atoms with Crippen molar-refractivity contribution in [2.24, 2.45) is 0 Å². The Labute approximate surface area is 102 Å². The number of rotatable bonds is 5. The largest absolute Gasteiger partial charge is 0.493 e. The summed E-state index contributed by atoms with van der Waals surface area (Å²) in [5.74, 6) is -1.45. The van der Waals surface area contributed by atoms with E-state index in [1.165, 1.54) is 0 Å². The number of ether oxygens (including phenoxy) is 1. The maximum absolute atomic E-state index is 10.4. The highest BCUT2D eigenvalue weighted by Gasteiger charge is 2.01. The van der Waals surface area contributed by atoms with Gasteiger partial charge in [-0.3, -0.25) is 4.79 Å². The van der Waals surface area contributed by atoms with E-state index in [-0.39, 0.29) is 19.4 Å². The maximum Gasteiger partial charge on any atom is 0.303 e. The summed E-state index contributed by atoms with van der Waals surface area (Å²) in [7, 11) is 0. The Kier molecular flexibility index (Phi) is 2.15. The summed E-state index contributed by atoms with van der Waals surface area (Å²) < 4.78 is 50.4. The molecule has 1 aromatic carbocycles. The van der Waals surface area contributed by atoms with E-state index in [9.17, 15) is 4.79 Å². The van der Waals surface area contributed by atoms with Gasteiger partial charge in [0.15, 0.2) is 0 Å². The molecule has 0 saturated carbocycles. The Hall–Kier alpha value is -1.22. The summed E-state index contributed by atoms with van der Waals surface area (Å²) in [5, 5.41) is 8.09. The van der Waals surface area contributed by atoms with Crippen molar-refractivity contribution in [3.05, 3.63) is 28.7 Å². The summed E-state index contributed by atoms with van der Waals surface area (Å²) in [6, 6.07) is -1.61. The van der Waals surface area contributed by atoms with Crippen LogP contribution in [0.15, 0.2) is 18.1 Å². The fourth-order valence-corrected chi connectivity index (χ4v) is 1.02. The lowest BCUT2D eigenvalue weighted by Gasteiger charge is -2.08. The van der Waals surface area contributed by atoms with Crippen molar-refractivity contribution < 1.29 is 22.9 Å². The molecule has 3 nitrogen and oxygen atoms in total. The van der Waals surface area contributed by atoms with E-state index in [1.807, 2.05) is 0 Å². The number of carboxylic acid groups (broad SMARTS) is 1. The highest BCUT2D eigenvalue weighted by Crippen LogP contribution is 2.21. The molecule has 0 bridgehead atoms. The molecule has 1 rings (SSSR count). The number of aliphatic carboxylic acids is 1. The Morgan fingerprint density at radius 2 is 2.53 bits per heavy atom. The molecule has 0 heterocycles. The summed E-state index contributed by atoms with van der Waals surface area (Å²) in [5.41, 5.74) is -0.538. The van der Waals surface area contributed by atoms with E-state index in [1.54, 1.807) is 0 Å². The van der Waals surface area contributed by atoms with Crippen molar-refractivity contribution in [1.29, 1.82) is 0 Å². The van der Waals surface area contributed by atoms with Gasteiger partial charge in [-0.05, 0) is 37.0 Å². The van der Waals surface area contributed by atoms with Crippen LogP contribution < -0.4 is 4.74 Å². The smallest absolute Gasteiger partial charge is 0.303 e. The molecule has 0 amide bonds. The average molecular weight is 235 g/mol. The zero-order chi connectivity index (χ0) is 16.4. The molecule has 15 heavy (non-hydrogen) atoms. The quantitative estimate of drug-likeness (QED) is 0.797. The molecule has 0 saturated heterocycles. The fraction of sp³-hybridized carbons (Fsp3) is 0.364. The Balaban J connectivity index is 3.19. The van der Waals surface area contributed by atoms with E-state index in [2.05, 4.69) is 0 Å². The third kappa shape index (κ3) is 4.21. The molecule has 0 atom stereocenters. The molecular weight excluding hydrogens is 216 g/mol. The van der Waals surface area contributed by atoms with Crippen molar-refractivity contribution in [2.45, 2.75) is 19.7 Å². The second-order valence-corrected chi connectivity index (χ2v) is 3.12.